The zero-order valence-corrected chi connectivity index (χ0v) is 14.9. The Labute approximate surface area is 132 Å². The van der Waals surface area contributed by atoms with Crippen molar-refractivity contribution in [1.82, 2.24) is 5.32 Å². The number of hydrogen-bond acceptors (Lipinski definition) is 2. The maximum absolute atomic E-state index is 3.87. The number of benzene rings is 1. The van der Waals surface area contributed by atoms with E-state index in [4.69, 9.17) is 0 Å². The van der Waals surface area contributed by atoms with Gasteiger partial charge in [0.2, 0.25) is 0 Å². The summed E-state index contributed by atoms with van der Waals surface area (Å²) in [7, 11) is 0. The minimum atomic E-state index is 0.0610. The summed E-state index contributed by atoms with van der Waals surface area (Å²) in [6, 6.07) is 6.98. The van der Waals surface area contributed by atoms with Crippen LogP contribution in [0.15, 0.2) is 35.3 Å². The summed E-state index contributed by atoms with van der Waals surface area (Å²) in [5.74, 6) is 0. The summed E-state index contributed by atoms with van der Waals surface area (Å²) in [4.78, 5) is 2.35. The summed E-state index contributed by atoms with van der Waals surface area (Å²) in [5, 5.41) is 3.44. The average molecular weight is 339 g/mol. The second-order valence-corrected chi connectivity index (χ2v) is 6.91. The topological polar surface area (TPSA) is 15.3 Å². The van der Waals surface area contributed by atoms with Crippen molar-refractivity contribution >= 4 is 21.6 Å². The smallest absolute Gasteiger partial charge is 0.0518 e. The highest BCUT2D eigenvalue weighted by atomic mass is 79.9. The number of anilines is 1. The molecule has 0 heterocycles. The van der Waals surface area contributed by atoms with Gasteiger partial charge in [0, 0.05) is 22.6 Å². The van der Waals surface area contributed by atoms with Crippen molar-refractivity contribution in [3.05, 3.63) is 40.9 Å². The van der Waals surface area contributed by atoms with Gasteiger partial charge in [-0.05, 0) is 67.9 Å². The highest BCUT2D eigenvalue weighted by Crippen LogP contribution is 2.33. The molecule has 112 valence electrons. The van der Waals surface area contributed by atoms with E-state index in [0.717, 1.165) is 17.6 Å². The van der Waals surface area contributed by atoms with Gasteiger partial charge in [0.25, 0.3) is 0 Å². The second-order valence-electron chi connectivity index (χ2n) is 6.06. The minimum absolute atomic E-state index is 0.0610. The van der Waals surface area contributed by atoms with E-state index < -0.39 is 0 Å². The molecule has 0 aliphatic heterocycles. The van der Waals surface area contributed by atoms with E-state index in [1.165, 1.54) is 11.3 Å². The first-order valence-corrected chi connectivity index (χ1v) is 8.02. The molecule has 0 saturated carbocycles. The fraction of sp³-hybridized carbons (Fsp3) is 0.529. The molecule has 0 aromatic heterocycles. The Morgan fingerprint density at radius 3 is 2.50 bits per heavy atom. The third-order valence-electron chi connectivity index (χ3n) is 3.39. The lowest BCUT2D eigenvalue weighted by molar-refractivity contribution is 0.521. The zero-order valence-electron chi connectivity index (χ0n) is 13.3. The minimum Gasteiger partial charge on any atom is -0.362 e. The Bertz CT molecular complexity index is 449. The van der Waals surface area contributed by atoms with Crippen LogP contribution in [0.4, 0.5) is 5.69 Å². The molecule has 1 aromatic rings. The van der Waals surface area contributed by atoms with Crippen LogP contribution in [0.3, 0.4) is 0 Å². The van der Waals surface area contributed by atoms with Gasteiger partial charge in [-0.1, -0.05) is 19.1 Å². The molecule has 1 unspecified atom stereocenters. The lowest BCUT2D eigenvalue weighted by atomic mass is 10.0. The van der Waals surface area contributed by atoms with E-state index in [2.05, 4.69) is 85.5 Å². The highest BCUT2D eigenvalue weighted by Gasteiger charge is 2.22. The molecule has 20 heavy (non-hydrogen) atoms. The van der Waals surface area contributed by atoms with Crippen LogP contribution in [-0.2, 0) is 0 Å². The zero-order chi connectivity index (χ0) is 15.3. The van der Waals surface area contributed by atoms with Crippen LogP contribution in [0.1, 0.15) is 46.2 Å². The molecule has 1 aromatic carbocycles. The molecule has 0 aliphatic rings. The van der Waals surface area contributed by atoms with Crippen molar-refractivity contribution in [3.8, 4) is 0 Å². The van der Waals surface area contributed by atoms with Crippen LogP contribution in [0.25, 0.3) is 0 Å². The Kier molecular flexibility index (Phi) is 6.28. The van der Waals surface area contributed by atoms with Gasteiger partial charge in [-0.25, -0.2) is 0 Å². The van der Waals surface area contributed by atoms with Gasteiger partial charge in [0.1, 0.15) is 0 Å². The molecule has 1 atom stereocenters. The van der Waals surface area contributed by atoms with Crippen LogP contribution in [-0.4, -0.2) is 18.6 Å². The predicted octanol–water partition coefficient (Wildman–Crippen LogP) is 4.91. The number of hydrogen-bond donors (Lipinski definition) is 1. The molecular formula is C17H27BrN2. The summed E-state index contributed by atoms with van der Waals surface area (Å²) in [5.41, 5.74) is 2.57. The number of halogens is 1. The summed E-state index contributed by atoms with van der Waals surface area (Å²) in [6.45, 7) is 16.7. The Balaban J connectivity index is 3.10. The summed E-state index contributed by atoms with van der Waals surface area (Å²) in [6.07, 6.45) is 1.95. The largest absolute Gasteiger partial charge is 0.362 e. The first-order valence-electron chi connectivity index (χ1n) is 7.22. The lowest BCUT2D eigenvalue weighted by Crippen LogP contribution is -2.41. The standard InChI is InChI=1S/C17H27BrN2/c1-7-11-20(17(4,5)6)16-10-9-14(12-15(16)18)13(3)19-8-2/h7,9-10,12-13,19H,1,8,11H2,2-6H3. The Hall–Kier alpha value is -0.800. The van der Waals surface area contributed by atoms with Gasteiger partial charge in [-0.15, -0.1) is 6.58 Å². The van der Waals surface area contributed by atoms with Crippen molar-refractivity contribution in [2.75, 3.05) is 18.0 Å². The molecule has 3 heteroatoms. The molecule has 0 bridgehead atoms. The molecule has 0 fully saturated rings. The number of rotatable bonds is 6. The van der Waals surface area contributed by atoms with Crippen LogP contribution in [0.2, 0.25) is 0 Å². The van der Waals surface area contributed by atoms with Crippen molar-refractivity contribution in [2.24, 2.45) is 0 Å². The molecule has 0 aliphatic carbocycles. The van der Waals surface area contributed by atoms with E-state index in [0.29, 0.717) is 6.04 Å². The lowest BCUT2D eigenvalue weighted by Gasteiger charge is -2.38. The van der Waals surface area contributed by atoms with E-state index in [1.54, 1.807) is 0 Å². The normalized spacial score (nSPS) is 13.1. The fourth-order valence-corrected chi connectivity index (χ4v) is 2.91. The van der Waals surface area contributed by atoms with Gasteiger partial charge >= 0.3 is 0 Å². The SMILES string of the molecule is C=CCN(c1ccc(C(C)NCC)cc1Br)C(C)(C)C. The van der Waals surface area contributed by atoms with Gasteiger partial charge < -0.3 is 10.2 Å². The third-order valence-corrected chi connectivity index (χ3v) is 4.03. The Morgan fingerprint density at radius 2 is 2.05 bits per heavy atom. The van der Waals surface area contributed by atoms with Gasteiger partial charge in [-0.3, -0.25) is 0 Å². The average Bonchev–Trinajstić information content (AvgIpc) is 2.35. The van der Waals surface area contributed by atoms with E-state index in [1.807, 2.05) is 6.08 Å². The van der Waals surface area contributed by atoms with E-state index in [9.17, 15) is 0 Å². The first kappa shape index (κ1) is 17.3. The summed E-state index contributed by atoms with van der Waals surface area (Å²) < 4.78 is 1.14. The van der Waals surface area contributed by atoms with Crippen LogP contribution >= 0.6 is 15.9 Å². The molecule has 0 amide bonds. The number of nitrogens with zero attached hydrogens (tertiary/aromatic N) is 1. The van der Waals surface area contributed by atoms with Crippen LogP contribution in [0.5, 0.6) is 0 Å². The van der Waals surface area contributed by atoms with Crippen molar-refractivity contribution in [3.63, 3.8) is 0 Å². The van der Waals surface area contributed by atoms with Crippen molar-refractivity contribution < 1.29 is 0 Å². The molecule has 0 spiro atoms. The third kappa shape index (κ3) is 4.35. The molecule has 2 nitrogen and oxygen atoms in total. The first-order chi connectivity index (χ1) is 9.31. The van der Waals surface area contributed by atoms with E-state index >= 15 is 0 Å². The molecule has 1 N–H and O–H groups in total. The maximum Gasteiger partial charge on any atom is 0.0518 e. The molecule has 1 rings (SSSR count). The predicted molar refractivity (Wildman–Crippen MR) is 93.5 cm³/mol. The van der Waals surface area contributed by atoms with Gasteiger partial charge in [-0.2, -0.15) is 0 Å². The van der Waals surface area contributed by atoms with Crippen molar-refractivity contribution in [1.29, 1.82) is 0 Å². The monoisotopic (exact) mass is 338 g/mol. The molecule has 0 saturated heterocycles. The molecule has 0 radical (unpaired) electrons. The Morgan fingerprint density at radius 1 is 1.40 bits per heavy atom. The summed E-state index contributed by atoms with van der Waals surface area (Å²) >= 11 is 3.73. The second kappa shape index (κ2) is 7.28. The van der Waals surface area contributed by atoms with Crippen LogP contribution < -0.4 is 10.2 Å². The van der Waals surface area contributed by atoms with Gasteiger partial charge in [0.15, 0.2) is 0 Å². The fourth-order valence-electron chi connectivity index (χ4n) is 2.30. The maximum atomic E-state index is 3.87. The van der Waals surface area contributed by atoms with Crippen molar-refractivity contribution in [2.45, 2.75) is 46.2 Å². The van der Waals surface area contributed by atoms with E-state index in [-0.39, 0.29) is 5.54 Å². The quantitative estimate of drug-likeness (QED) is 0.741. The highest BCUT2D eigenvalue weighted by molar-refractivity contribution is 9.10. The van der Waals surface area contributed by atoms with Crippen LogP contribution in [0, 0.1) is 0 Å². The van der Waals surface area contributed by atoms with Gasteiger partial charge in [0.05, 0.1) is 5.69 Å². The molecular weight excluding hydrogens is 312 g/mol. The number of nitrogens with one attached hydrogen (secondary N) is 1.